The third-order valence-corrected chi connectivity index (χ3v) is 3.61. The molecule has 0 atom stereocenters. The fourth-order valence-electron chi connectivity index (χ4n) is 2.40. The number of benzene rings is 2. The van der Waals surface area contributed by atoms with Gasteiger partial charge in [-0.2, -0.15) is 13.2 Å². The first-order chi connectivity index (χ1) is 13.3. The number of nitrogens with zero attached hydrogens (tertiary/aromatic N) is 2. The summed E-state index contributed by atoms with van der Waals surface area (Å²) in [7, 11) is 0. The lowest BCUT2D eigenvalue weighted by Crippen LogP contribution is -2.06. The Labute approximate surface area is 158 Å². The summed E-state index contributed by atoms with van der Waals surface area (Å²) < 4.78 is 38.5. The zero-order chi connectivity index (χ0) is 20.1. The van der Waals surface area contributed by atoms with Crippen LogP contribution < -0.4 is 16.0 Å². The van der Waals surface area contributed by atoms with Gasteiger partial charge in [0.25, 0.3) is 0 Å². The summed E-state index contributed by atoms with van der Waals surface area (Å²) in [4.78, 5) is 19.2. The van der Waals surface area contributed by atoms with Crippen LogP contribution in [0.4, 0.5) is 41.9 Å². The van der Waals surface area contributed by atoms with Crippen LogP contribution in [-0.2, 0) is 11.0 Å². The molecule has 0 spiro atoms. The van der Waals surface area contributed by atoms with Gasteiger partial charge < -0.3 is 16.0 Å². The third-order valence-electron chi connectivity index (χ3n) is 3.61. The fourth-order valence-corrected chi connectivity index (χ4v) is 2.40. The molecule has 3 aromatic rings. The van der Waals surface area contributed by atoms with Crippen LogP contribution in [0.3, 0.4) is 0 Å². The van der Waals surface area contributed by atoms with Gasteiger partial charge in [0.05, 0.1) is 5.56 Å². The topological polar surface area (TPSA) is 78.9 Å². The van der Waals surface area contributed by atoms with Gasteiger partial charge in [0.1, 0.15) is 18.0 Å². The molecule has 28 heavy (non-hydrogen) atoms. The number of anilines is 5. The highest BCUT2D eigenvalue weighted by molar-refractivity contribution is 5.88. The summed E-state index contributed by atoms with van der Waals surface area (Å²) in [5.41, 5.74) is 0.897. The lowest BCUT2D eigenvalue weighted by Gasteiger charge is -2.11. The first-order valence-corrected chi connectivity index (χ1v) is 8.20. The van der Waals surface area contributed by atoms with Gasteiger partial charge in [-0.1, -0.05) is 6.07 Å². The molecule has 9 heteroatoms. The van der Waals surface area contributed by atoms with E-state index in [0.29, 0.717) is 17.3 Å². The van der Waals surface area contributed by atoms with E-state index in [9.17, 15) is 18.0 Å². The fraction of sp³-hybridized carbons (Fsp3) is 0.105. The molecule has 1 heterocycles. The molecule has 0 aliphatic carbocycles. The van der Waals surface area contributed by atoms with Crippen molar-refractivity contribution in [2.75, 3.05) is 16.0 Å². The third kappa shape index (κ3) is 5.19. The van der Waals surface area contributed by atoms with Gasteiger partial charge in [0.2, 0.25) is 5.91 Å². The molecule has 0 aliphatic rings. The Morgan fingerprint density at radius 1 is 0.857 bits per heavy atom. The molecule has 1 amide bonds. The standard InChI is InChI=1S/C19H16F3N5O/c1-12(28)25-14-5-7-15(8-6-14)26-17-10-18(24-11-23-17)27-16-4-2-3-13(9-16)19(20,21)22/h2-11H,1H3,(H,25,28)(H2,23,24,26,27). The maximum atomic E-state index is 12.8. The summed E-state index contributed by atoms with van der Waals surface area (Å²) in [5.74, 6) is 0.630. The molecule has 2 aromatic carbocycles. The van der Waals surface area contributed by atoms with Gasteiger partial charge in [0, 0.05) is 30.1 Å². The monoisotopic (exact) mass is 387 g/mol. The number of hydrogen-bond donors (Lipinski definition) is 3. The van der Waals surface area contributed by atoms with E-state index >= 15 is 0 Å². The summed E-state index contributed by atoms with van der Waals surface area (Å²) in [6, 6.07) is 13.4. The summed E-state index contributed by atoms with van der Waals surface area (Å²) in [6.45, 7) is 1.42. The number of halogens is 3. The maximum absolute atomic E-state index is 12.8. The molecule has 0 saturated heterocycles. The van der Waals surface area contributed by atoms with E-state index in [4.69, 9.17) is 0 Å². The van der Waals surface area contributed by atoms with E-state index < -0.39 is 11.7 Å². The highest BCUT2D eigenvalue weighted by Gasteiger charge is 2.30. The molecular weight excluding hydrogens is 371 g/mol. The Morgan fingerprint density at radius 3 is 2.07 bits per heavy atom. The molecule has 0 radical (unpaired) electrons. The number of rotatable bonds is 5. The van der Waals surface area contributed by atoms with E-state index in [1.807, 2.05) is 0 Å². The average Bonchev–Trinajstić information content (AvgIpc) is 2.63. The lowest BCUT2D eigenvalue weighted by atomic mass is 10.2. The molecule has 6 nitrogen and oxygen atoms in total. The number of aromatic nitrogens is 2. The Bertz CT molecular complexity index is 974. The molecule has 3 rings (SSSR count). The molecule has 0 bridgehead atoms. The van der Waals surface area contributed by atoms with E-state index in [-0.39, 0.29) is 11.6 Å². The van der Waals surface area contributed by atoms with Crippen molar-refractivity contribution in [3.63, 3.8) is 0 Å². The molecular formula is C19H16F3N5O. The Balaban J connectivity index is 1.71. The minimum atomic E-state index is -4.42. The predicted octanol–water partition coefficient (Wildman–Crippen LogP) is 4.94. The van der Waals surface area contributed by atoms with Crippen molar-refractivity contribution in [1.29, 1.82) is 0 Å². The predicted molar refractivity (Wildman–Crippen MR) is 101 cm³/mol. The van der Waals surface area contributed by atoms with Crippen LogP contribution >= 0.6 is 0 Å². The Hall–Kier alpha value is -3.62. The van der Waals surface area contributed by atoms with E-state index in [2.05, 4.69) is 25.9 Å². The van der Waals surface area contributed by atoms with Crippen molar-refractivity contribution >= 4 is 34.6 Å². The van der Waals surface area contributed by atoms with Crippen molar-refractivity contribution in [2.45, 2.75) is 13.1 Å². The molecule has 1 aromatic heterocycles. The van der Waals surface area contributed by atoms with E-state index in [1.54, 1.807) is 30.3 Å². The molecule has 0 fully saturated rings. The van der Waals surface area contributed by atoms with Crippen LogP contribution in [0, 0.1) is 0 Å². The first-order valence-electron chi connectivity index (χ1n) is 8.20. The maximum Gasteiger partial charge on any atom is 0.416 e. The molecule has 0 unspecified atom stereocenters. The van der Waals surface area contributed by atoms with Gasteiger partial charge >= 0.3 is 6.18 Å². The number of hydrogen-bond acceptors (Lipinski definition) is 5. The molecule has 0 saturated carbocycles. The highest BCUT2D eigenvalue weighted by Crippen LogP contribution is 2.31. The van der Waals surface area contributed by atoms with Crippen LogP contribution in [0.5, 0.6) is 0 Å². The quantitative estimate of drug-likeness (QED) is 0.578. The second kappa shape index (κ2) is 7.95. The zero-order valence-corrected chi connectivity index (χ0v) is 14.7. The second-order valence-electron chi connectivity index (χ2n) is 5.88. The van der Waals surface area contributed by atoms with Crippen LogP contribution in [-0.4, -0.2) is 15.9 Å². The normalized spacial score (nSPS) is 11.0. The van der Waals surface area contributed by atoms with Crippen molar-refractivity contribution in [1.82, 2.24) is 9.97 Å². The van der Waals surface area contributed by atoms with Crippen molar-refractivity contribution in [2.24, 2.45) is 0 Å². The van der Waals surface area contributed by atoms with Gasteiger partial charge in [-0.25, -0.2) is 9.97 Å². The van der Waals surface area contributed by atoms with Crippen LogP contribution in [0.25, 0.3) is 0 Å². The minimum absolute atomic E-state index is 0.165. The van der Waals surface area contributed by atoms with Crippen LogP contribution in [0.1, 0.15) is 12.5 Å². The van der Waals surface area contributed by atoms with Crippen molar-refractivity contribution in [3.05, 3.63) is 66.5 Å². The lowest BCUT2D eigenvalue weighted by molar-refractivity contribution is -0.137. The summed E-state index contributed by atoms with van der Waals surface area (Å²) in [6.07, 6.45) is -3.12. The molecule has 144 valence electrons. The summed E-state index contributed by atoms with van der Waals surface area (Å²) in [5, 5.41) is 8.56. The van der Waals surface area contributed by atoms with E-state index in [0.717, 1.165) is 17.8 Å². The number of amides is 1. The number of carbonyl (C=O) groups excluding carboxylic acids is 1. The SMILES string of the molecule is CC(=O)Nc1ccc(Nc2cc(Nc3cccc(C(F)(F)F)c3)ncn2)cc1. The smallest absolute Gasteiger partial charge is 0.340 e. The first kappa shape index (κ1) is 19.2. The Morgan fingerprint density at radius 2 is 1.46 bits per heavy atom. The van der Waals surface area contributed by atoms with Crippen molar-refractivity contribution < 1.29 is 18.0 Å². The number of carbonyl (C=O) groups is 1. The Kier molecular flexibility index (Phi) is 5.44. The highest BCUT2D eigenvalue weighted by atomic mass is 19.4. The zero-order valence-electron chi connectivity index (χ0n) is 14.7. The van der Waals surface area contributed by atoms with Crippen molar-refractivity contribution in [3.8, 4) is 0 Å². The molecule has 3 N–H and O–H groups in total. The largest absolute Gasteiger partial charge is 0.416 e. The van der Waals surface area contributed by atoms with Gasteiger partial charge in [0.15, 0.2) is 0 Å². The van der Waals surface area contributed by atoms with Crippen LogP contribution in [0.15, 0.2) is 60.9 Å². The van der Waals surface area contributed by atoms with Gasteiger partial charge in [-0.15, -0.1) is 0 Å². The molecule has 0 aliphatic heterocycles. The number of nitrogens with one attached hydrogen (secondary N) is 3. The van der Waals surface area contributed by atoms with Gasteiger partial charge in [-0.05, 0) is 42.5 Å². The summed E-state index contributed by atoms with van der Waals surface area (Å²) >= 11 is 0. The van der Waals surface area contributed by atoms with Crippen LogP contribution in [0.2, 0.25) is 0 Å². The van der Waals surface area contributed by atoms with Gasteiger partial charge in [-0.3, -0.25) is 4.79 Å². The average molecular weight is 387 g/mol. The second-order valence-corrected chi connectivity index (χ2v) is 5.88. The number of alkyl halides is 3. The van der Waals surface area contributed by atoms with E-state index in [1.165, 1.54) is 25.4 Å². The minimum Gasteiger partial charge on any atom is -0.340 e.